The summed E-state index contributed by atoms with van der Waals surface area (Å²) < 4.78 is 5.59. The lowest BCUT2D eigenvalue weighted by molar-refractivity contribution is 0.317. The van der Waals surface area contributed by atoms with E-state index in [4.69, 9.17) is 4.74 Å². The molecule has 0 aliphatic carbocycles. The van der Waals surface area contributed by atoms with Crippen LogP contribution in [0.15, 0.2) is 30.5 Å². The van der Waals surface area contributed by atoms with Crippen molar-refractivity contribution in [1.82, 2.24) is 15.3 Å². The number of nitrogens with one attached hydrogen (secondary N) is 2. The van der Waals surface area contributed by atoms with Crippen molar-refractivity contribution in [2.45, 2.75) is 33.7 Å². The summed E-state index contributed by atoms with van der Waals surface area (Å²) in [7, 11) is 0. The number of ether oxygens (including phenoxy) is 1. The molecule has 0 spiro atoms. The molecule has 2 aromatic rings. The summed E-state index contributed by atoms with van der Waals surface area (Å²) in [4.78, 5) is 7.76. The third kappa shape index (κ3) is 4.90. The van der Waals surface area contributed by atoms with Crippen molar-refractivity contribution in [3.8, 4) is 17.0 Å². The second kappa shape index (κ2) is 7.84. The predicted octanol–water partition coefficient (Wildman–Crippen LogP) is 3.61. The Kier molecular flexibility index (Phi) is 5.81. The van der Waals surface area contributed by atoms with Gasteiger partial charge in [-0.05, 0) is 48.7 Å². The summed E-state index contributed by atoms with van der Waals surface area (Å²) in [5.41, 5.74) is 2.17. The van der Waals surface area contributed by atoms with Gasteiger partial charge in [-0.2, -0.15) is 0 Å². The minimum absolute atomic E-state index is 0.648. The van der Waals surface area contributed by atoms with Gasteiger partial charge in [0.15, 0.2) is 0 Å². The molecule has 0 aliphatic rings. The summed E-state index contributed by atoms with van der Waals surface area (Å²) in [6.07, 6.45) is 2.91. The molecule has 2 N–H and O–H groups in total. The molecular weight excluding hydrogens is 262 g/mol. The van der Waals surface area contributed by atoms with Crippen LogP contribution in [0.3, 0.4) is 0 Å². The van der Waals surface area contributed by atoms with Gasteiger partial charge in [0.1, 0.15) is 11.6 Å². The molecule has 0 amide bonds. The second-order valence-corrected chi connectivity index (χ2v) is 5.64. The van der Waals surface area contributed by atoms with E-state index >= 15 is 0 Å². The smallest absolute Gasteiger partial charge is 0.120 e. The quantitative estimate of drug-likeness (QED) is 0.779. The van der Waals surface area contributed by atoms with Gasteiger partial charge in [-0.3, -0.25) is 0 Å². The number of H-pyrrole nitrogens is 1. The number of hydrogen-bond donors (Lipinski definition) is 2. The van der Waals surface area contributed by atoms with Crippen LogP contribution in [0.2, 0.25) is 0 Å². The first-order chi connectivity index (χ1) is 10.2. The molecule has 0 fully saturated rings. The highest BCUT2D eigenvalue weighted by molar-refractivity contribution is 5.59. The van der Waals surface area contributed by atoms with Crippen LogP contribution < -0.4 is 10.1 Å². The van der Waals surface area contributed by atoms with E-state index in [2.05, 4.69) is 48.2 Å². The predicted molar refractivity (Wildman–Crippen MR) is 86.4 cm³/mol. The van der Waals surface area contributed by atoms with Crippen LogP contribution in [0.5, 0.6) is 5.75 Å². The normalized spacial score (nSPS) is 11.0. The average Bonchev–Trinajstić information content (AvgIpc) is 2.94. The Morgan fingerprint density at radius 2 is 2.00 bits per heavy atom. The zero-order valence-electron chi connectivity index (χ0n) is 13.1. The van der Waals surface area contributed by atoms with E-state index in [0.29, 0.717) is 5.92 Å². The Bertz CT molecular complexity index is 531. The number of aromatic nitrogens is 2. The molecule has 0 radical (unpaired) electrons. The van der Waals surface area contributed by atoms with Gasteiger partial charge in [-0.15, -0.1) is 0 Å². The van der Waals surface area contributed by atoms with Crippen molar-refractivity contribution >= 4 is 0 Å². The SMILES string of the molecule is CCCOc1ccc(-c2cnc(CNCC(C)C)[nH]2)cc1. The van der Waals surface area contributed by atoms with Gasteiger partial charge in [-0.1, -0.05) is 20.8 Å². The van der Waals surface area contributed by atoms with Gasteiger partial charge in [0, 0.05) is 0 Å². The molecule has 0 saturated carbocycles. The first kappa shape index (κ1) is 15.6. The van der Waals surface area contributed by atoms with Crippen LogP contribution in [-0.2, 0) is 6.54 Å². The van der Waals surface area contributed by atoms with E-state index in [0.717, 1.165) is 48.9 Å². The molecule has 0 saturated heterocycles. The summed E-state index contributed by atoms with van der Waals surface area (Å²) >= 11 is 0. The monoisotopic (exact) mass is 287 g/mol. The summed E-state index contributed by atoms with van der Waals surface area (Å²) in [6, 6.07) is 8.12. The molecule has 2 rings (SSSR count). The number of rotatable bonds is 8. The molecule has 4 heteroatoms. The second-order valence-electron chi connectivity index (χ2n) is 5.64. The molecule has 0 unspecified atom stereocenters. The van der Waals surface area contributed by atoms with Crippen LogP contribution in [0.4, 0.5) is 0 Å². The van der Waals surface area contributed by atoms with Gasteiger partial charge in [0.2, 0.25) is 0 Å². The molecule has 1 heterocycles. The average molecular weight is 287 g/mol. The van der Waals surface area contributed by atoms with Crippen molar-refractivity contribution in [2.24, 2.45) is 5.92 Å². The van der Waals surface area contributed by atoms with Crippen molar-refractivity contribution in [2.75, 3.05) is 13.2 Å². The lowest BCUT2D eigenvalue weighted by Gasteiger charge is -2.05. The van der Waals surface area contributed by atoms with E-state index < -0.39 is 0 Å². The standard InChI is InChI=1S/C17H25N3O/c1-4-9-21-15-7-5-14(6-8-15)16-11-19-17(20-16)12-18-10-13(2)3/h5-8,11,13,18H,4,9-10,12H2,1-3H3,(H,19,20). The van der Waals surface area contributed by atoms with Crippen LogP contribution in [0, 0.1) is 5.92 Å². The molecule has 1 aromatic carbocycles. The number of aromatic amines is 1. The van der Waals surface area contributed by atoms with Gasteiger partial charge in [-0.25, -0.2) is 4.98 Å². The van der Waals surface area contributed by atoms with E-state index in [1.165, 1.54) is 0 Å². The van der Waals surface area contributed by atoms with Gasteiger partial charge >= 0.3 is 0 Å². The molecule has 0 atom stereocenters. The lowest BCUT2D eigenvalue weighted by Crippen LogP contribution is -2.19. The third-order valence-electron chi connectivity index (χ3n) is 3.11. The summed E-state index contributed by atoms with van der Waals surface area (Å²) in [6.45, 7) is 9.03. The van der Waals surface area contributed by atoms with Crippen LogP contribution in [-0.4, -0.2) is 23.1 Å². The molecule has 1 aromatic heterocycles. The Balaban J connectivity index is 1.94. The van der Waals surface area contributed by atoms with Crippen molar-refractivity contribution in [3.05, 3.63) is 36.3 Å². The van der Waals surface area contributed by atoms with E-state index in [-0.39, 0.29) is 0 Å². The molecule has 0 aliphatic heterocycles. The maximum Gasteiger partial charge on any atom is 0.120 e. The molecule has 0 bridgehead atoms. The molecule has 4 nitrogen and oxygen atoms in total. The minimum Gasteiger partial charge on any atom is -0.494 e. The largest absolute Gasteiger partial charge is 0.494 e. The van der Waals surface area contributed by atoms with Crippen LogP contribution >= 0.6 is 0 Å². The zero-order valence-corrected chi connectivity index (χ0v) is 13.1. The van der Waals surface area contributed by atoms with Gasteiger partial charge < -0.3 is 15.0 Å². The highest BCUT2D eigenvalue weighted by Gasteiger charge is 2.04. The van der Waals surface area contributed by atoms with Crippen molar-refractivity contribution in [1.29, 1.82) is 0 Å². The Morgan fingerprint density at radius 3 is 2.67 bits per heavy atom. The number of nitrogens with zero attached hydrogens (tertiary/aromatic N) is 1. The maximum atomic E-state index is 5.59. The summed E-state index contributed by atoms with van der Waals surface area (Å²) in [5, 5.41) is 3.38. The fraction of sp³-hybridized carbons (Fsp3) is 0.471. The van der Waals surface area contributed by atoms with E-state index in [1.807, 2.05) is 18.3 Å². The number of benzene rings is 1. The first-order valence-electron chi connectivity index (χ1n) is 7.67. The van der Waals surface area contributed by atoms with E-state index in [9.17, 15) is 0 Å². The van der Waals surface area contributed by atoms with Crippen molar-refractivity contribution in [3.63, 3.8) is 0 Å². The minimum atomic E-state index is 0.648. The van der Waals surface area contributed by atoms with Gasteiger partial charge in [0.25, 0.3) is 0 Å². The Morgan fingerprint density at radius 1 is 1.24 bits per heavy atom. The molecule has 114 valence electrons. The molecule has 21 heavy (non-hydrogen) atoms. The highest BCUT2D eigenvalue weighted by Crippen LogP contribution is 2.21. The Hall–Kier alpha value is -1.81. The van der Waals surface area contributed by atoms with Crippen LogP contribution in [0.1, 0.15) is 33.0 Å². The fourth-order valence-electron chi connectivity index (χ4n) is 2.03. The Labute approximate surface area is 127 Å². The van der Waals surface area contributed by atoms with Crippen LogP contribution in [0.25, 0.3) is 11.3 Å². The van der Waals surface area contributed by atoms with Gasteiger partial charge in [0.05, 0.1) is 25.0 Å². The maximum absolute atomic E-state index is 5.59. The third-order valence-corrected chi connectivity index (χ3v) is 3.11. The molecular formula is C17H25N3O. The van der Waals surface area contributed by atoms with Crippen molar-refractivity contribution < 1.29 is 4.74 Å². The number of hydrogen-bond acceptors (Lipinski definition) is 3. The fourth-order valence-corrected chi connectivity index (χ4v) is 2.03. The highest BCUT2D eigenvalue weighted by atomic mass is 16.5. The van der Waals surface area contributed by atoms with E-state index in [1.54, 1.807) is 0 Å². The zero-order chi connectivity index (χ0) is 15.1. The number of imidazole rings is 1. The lowest BCUT2D eigenvalue weighted by atomic mass is 10.2. The topological polar surface area (TPSA) is 49.9 Å². The summed E-state index contributed by atoms with van der Waals surface area (Å²) in [5.74, 6) is 2.53. The first-order valence-corrected chi connectivity index (χ1v) is 7.67.